The molecule has 3 rings (SSSR count). The standard InChI is InChI=1S/C13H16N4O/c1-9(18)17-7-6-14-8-12(17)13-15-10-4-2-3-5-11(10)16-13/h2-5,12,14H,6-8H2,1H3,(H,15,16). The van der Waals surface area contributed by atoms with Gasteiger partial charge in [0.05, 0.1) is 11.0 Å². The molecule has 0 radical (unpaired) electrons. The van der Waals surface area contributed by atoms with Gasteiger partial charge in [0.2, 0.25) is 5.91 Å². The van der Waals surface area contributed by atoms with E-state index in [1.54, 1.807) is 6.92 Å². The van der Waals surface area contributed by atoms with E-state index in [-0.39, 0.29) is 11.9 Å². The van der Waals surface area contributed by atoms with Crippen molar-refractivity contribution in [1.82, 2.24) is 20.2 Å². The van der Waals surface area contributed by atoms with Crippen molar-refractivity contribution in [3.63, 3.8) is 0 Å². The number of piperazine rings is 1. The first-order valence-corrected chi connectivity index (χ1v) is 6.18. The zero-order valence-corrected chi connectivity index (χ0v) is 10.3. The van der Waals surface area contributed by atoms with Crippen LogP contribution in [0.25, 0.3) is 11.0 Å². The zero-order valence-electron chi connectivity index (χ0n) is 10.3. The molecule has 1 aromatic heterocycles. The minimum atomic E-state index is 0.00338. The smallest absolute Gasteiger partial charge is 0.220 e. The third-order valence-corrected chi connectivity index (χ3v) is 3.37. The van der Waals surface area contributed by atoms with Crippen LogP contribution in [0.3, 0.4) is 0 Å². The lowest BCUT2D eigenvalue weighted by Crippen LogP contribution is -2.48. The molecule has 1 aliphatic rings. The second kappa shape index (κ2) is 4.42. The number of amides is 1. The molecular formula is C13H16N4O. The summed E-state index contributed by atoms with van der Waals surface area (Å²) < 4.78 is 0. The molecule has 2 aromatic rings. The summed E-state index contributed by atoms with van der Waals surface area (Å²) in [4.78, 5) is 21.4. The van der Waals surface area contributed by atoms with Gasteiger partial charge in [0.1, 0.15) is 11.9 Å². The highest BCUT2D eigenvalue weighted by Crippen LogP contribution is 2.22. The molecule has 1 aliphatic heterocycles. The molecule has 1 unspecified atom stereocenters. The van der Waals surface area contributed by atoms with Gasteiger partial charge < -0.3 is 15.2 Å². The number of hydrogen-bond donors (Lipinski definition) is 2. The Kier molecular flexibility index (Phi) is 2.76. The van der Waals surface area contributed by atoms with E-state index < -0.39 is 0 Å². The fourth-order valence-corrected chi connectivity index (χ4v) is 2.46. The van der Waals surface area contributed by atoms with Crippen LogP contribution in [0.15, 0.2) is 24.3 Å². The number of H-pyrrole nitrogens is 1. The van der Waals surface area contributed by atoms with E-state index in [2.05, 4.69) is 15.3 Å². The van der Waals surface area contributed by atoms with E-state index >= 15 is 0 Å². The predicted octanol–water partition coefficient (Wildman–Crippen LogP) is 1.06. The lowest BCUT2D eigenvalue weighted by atomic mass is 10.2. The van der Waals surface area contributed by atoms with Crippen molar-refractivity contribution in [2.24, 2.45) is 0 Å². The largest absolute Gasteiger partial charge is 0.340 e. The van der Waals surface area contributed by atoms with Gasteiger partial charge in [0, 0.05) is 26.6 Å². The van der Waals surface area contributed by atoms with Crippen LogP contribution in [0.5, 0.6) is 0 Å². The molecule has 2 N–H and O–H groups in total. The van der Waals surface area contributed by atoms with Gasteiger partial charge in [0.15, 0.2) is 0 Å². The first kappa shape index (κ1) is 11.2. The molecule has 18 heavy (non-hydrogen) atoms. The molecular weight excluding hydrogens is 228 g/mol. The first-order valence-electron chi connectivity index (χ1n) is 6.18. The van der Waals surface area contributed by atoms with Crippen molar-refractivity contribution in [2.45, 2.75) is 13.0 Å². The van der Waals surface area contributed by atoms with Crippen LogP contribution in [-0.4, -0.2) is 40.4 Å². The molecule has 0 spiro atoms. The van der Waals surface area contributed by atoms with Gasteiger partial charge in [-0.2, -0.15) is 0 Å². The van der Waals surface area contributed by atoms with Crippen LogP contribution in [0.2, 0.25) is 0 Å². The number of benzene rings is 1. The van der Waals surface area contributed by atoms with Crippen LogP contribution in [-0.2, 0) is 4.79 Å². The Hall–Kier alpha value is -1.88. The Bertz CT molecular complexity index is 544. The summed E-state index contributed by atoms with van der Waals surface area (Å²) >= 11 is 0. The second-order valence-corrected chi connectivity index (χ2v) is 4.57. The number of nitrogens with zero attached hydrogens (tertiary/aromatic N) is 2. The third kappa shape index (κ3) is 1.86. The molecule has 1 fully saturated rings. The summed E-state index contributed by atoms with van der Waals surface area (Å²) in [7, 11) is 0. The van der Waals surface area contributed by atoms with Crippen LogP contribution >= 0.6 is 0 Å². The summed E-state index contributed by atoms with van der Waals surface area (Å²) in [6, 6.07) is 7.92. The van der Waals surface area contributed by atoms with E-state index in [0.717, 1.165) is 36.5 Å². The number of aromatic amines is 1. The van der Waals surface area contributed by atoms with Crippen LogP contribution in [0.1, 0.15) is 18.8 Å². The van der Waals surface area contributed by atoms with Crippen LogP contribution in [0, 0.1) is 0 Å². The summed E-state index contributed by atoms with van der Waals surface area (Å²) in [6.45, 7) is 3.94. The number of para-hydroxylation sites is 2. The highest BCUT2D eigenvalue weighted by Gasteiger charge is 2.27. The van der Waals surface area contributed by atoms with E-state index in [4.69, 9.17) is 0 Å². The Morgan fingerprint density at radius 2 is 2.28 bits per heavy atom. The molecule has 1 aromatic carbocycles. The van der Waals surface area contributed by atoms with E-state index in [1.165, 1.54) is 0 Å². The topological polar surface area (TPSA) is 61.0 Å². The third-order valence-electron chi connectivity index (χ3n) is 3.37. The second-order valence-electron chi connectivity index (χ2n) is 4.57. The predicted molar refractivity (Wildman–Crippen MR) is 69.1 cm³/mol. The van der Waals surface area contributed by atoms with Gasteiger partial charge in [-0.25, -0.2) is 4.98 Å². The van der Waals surface area contributed by atoms with E-state index in [1.807, 2.05) is 29.2 Å². The number of fused-ring (bicyclic) bond motifs is 1. The van der Waals surface area contributed by atoms with E-state index in [0.29, 0.717) is 0 Å². The molecule has 2 heterocycles. The number of imidazole rings is 1. The molecule has 0 aliphatic carbocycles. The lowest BCUT2D eigenvalue weighted by Gasteiger charge is -2.34. The van der Waals surface area contributed by atoms with Crippen molar-refractivity contribution >= 4 is 16.9 Å². The summed E-state index contributed by atoms with van der Waals surface area (Å²) in [5, 5.41) is 3.31. The van der Waals surface area contributed by atoms with Crippen LogP contribution in [0.4, 0.5) is 0 Å². The van der Waals surface area contributed by atoms with Gasteiger partial charge in [-0.05, 0) is 12.1 Å². The molecule has 1 amide bonds. The minimum Gasteiger partial charge on any atom is -0.340 e. The number of aromatic nitrogens is 2. The molecule has 94 valence electrons. The Morgan fingerprint density at radius 1 is 1.44 bits per heavy atom. The average Bonchev–Trinajstić information content (AvgIpc) is 2.82. The number of carbonyl (C=O) groups is 1. The number of hydrogen-bond acceptors (Lipinski definition) is 3. The van der Waals surface area contributed by atoms with Crippen molar-refractivity contribution < 1.29 is 4.79 Å². The quantitative estimate of drug-likeness (QED) is 0.788. The molecule has 0 saturated carbocycles. The Morgan fingerprint density at radius 3 is 3.06 bits per heavy atom. The van der Waals surface area contributed by atoms with Crippen molar-refractivity contribution in [3.8, 4) is 0 Å². The monoisotopic (exact) mass is 244 g/mol. The van der Waals surface area contributed by atoms with Crippen LogP contribution < -0.4 is 5.32 Å². The highest BCUT2D eigenvalue weighted by atomic mass is 16.2. The minimum absolute atomic E-state index is 0.00338. The maximum Gasteiger partial charge on any atom is 0.220 e. The first-order chi connectivity index (χ1) is 8.75. The number of rotatable bonds is 1. The Balaban J connectivity index is 1.98. The Labute approximate surface area is 105 Å². The van der Waals surface area contributed by atoms with Gasteiger partial charge in [-0.1, -0.05) is 12.1 Å². The average molecular weight is 244 g/mol. The van der Waals surface area contributed by atoms with Gasteiger partial charge in [-0.15, -0.1) is 0 Å². The fourth-order valence-electron chi connectivity index (χ4n) is 2.46. The van der Waals surface area contributed by atoms with Gasteiger partial charge in [0.25, 0.3) is 0 Å². The van der Waals surface area contributed by atoms with Crippen molar-refractivity contribution in [3.05, 3.63) is 30.1 Å². The number of nitrogens with one attached hydrogen (secondary N) is 2. The maximum atomic E-state index is 11.7. The van der Waals surface area contributed by atoms with Gasteiger partial charge >= 0.3 is 0 Å². The zero-order chi connectivity index (χ0) is 12.5. The molecule has 1 saturated heterocycles. The normalized spacial score (nSPS) is 20.3. The maximum absolute atomic E-state index is 11.7. The molecule has 5 heteroatoms. The highest BCUT2D eigenvalue weighted by molar-refractivity contribution is 5.76. The number of carbonyl (C=O) groups excluding carboxylic acids is 1. The SMILES string of the molecule is CC(=O)N1CCNCC1c1nc2ccccc2[nH]1. The fraction of sp³-hybridized carbons (Fsp3) is 0.385. The van der Waals surface area contributed by atoms with E-state index in [9.17, 15) is 4.79 Å². The molecule has 5 nitrogen and oxygen atoms in total. The lowest BCUT2D eigenvalue weighted by molar-refractivity contribution is -0.132. The van der Waals surface area contributed by atoms with Crippen molar-refractivity contribution in [2.75, 3.05) is 19.6 Å². The molecule has 0 bridgehead atoms. The van der Waals surface area contributed by atoms with Crippen molar-refractivity contribution in [1.29, 1.82) is 0 Å². The van der Waals surface area contributed by atoms with Gasteiger partial charge in [-0.3, -0.25) is 4.79 Å². The molecule has 1 atom stereocenters. The summed E-state index contributed by atoms with van der Waals surface area (Å²) in [5.41, 5.74) is 1.96. The summed E-state index contributed by atoms with van der Waals surface area (Å²) in [6.07, 6.45) is 0. The summed E-state index contributed by atoms with van der Waals surface area (Å²) in [5.74, 6) is 0.959.